The zero-order chi connectivity index (χ0) is 17.4. The van der Waals surface area contributed by atoms with Gasteiger partial charge in [0, 0.05) is 6.54 Å². The van der Waals surface area contributed by atoms with E-state index in [-0.39, 0.29) is 30.5 Å². The first-order valence-corrected chi connectivity index (χ1v) is 7.31. The van der Waals surface area contributed by atoms with Crippen LogP contribution in [-0.4, -0.2) is 30.1 Å². The Hall–Kier alpha value is -2.18. The summed E-state index contributed by atoms with van der Waals surface area (Å²) in [4.78, 5) is 22.9. The number of carbonyl (C=O) groups is 2. The number of hydrogen-bond acceptors (Lipinski definition) is 3. The molecular weight excluding hydrogens is 308 g/mol. The van der Waals surface area contributed by atoms with Gasteiger partial charge in [-0.3, -0.25) is 9.59 Å². The van der Waals surface area contributed by atoms with Gasteiger partial charge in [-0.05, 0) is 30.0 Å². The lowest BCUT2D eigenvalue weighted by Gasteiger charge is -2.15. The normalized spacial score (nSPS) is 12.3. The topological polar surface area (TPSA) is 75.6 Å². The largest absolute Gasteiger partial charge is 0.481 e. The SMILES string of the molecule is CC(C)CC(CNC(=O)Cc1ccc(OC(F)F)cc1)C(=O)O. The molecule has 0 aliphatic rings. The van der Waals surface area contributed by atoms with Crippen molar-refractivity contribution in [3.05, 3.63) is 29.8 Å². The van der Waals surface area contributed by atoms with E-state index in [4.69, 9.17) is 5.11 Å². The van der Waals surface area contributed by atoms with E-state index in [1.54, 1.807) is 0 Å². The first kappa shape index (κ1) is 18.9. The fourth-order valence-electron chi connectivity index (χ4n) is 2.11. The molecule has 0 bridgehead atoms. The van der Waals surface area contributed by atoms with Gasteiger partial charge in [0.2, 0.25) is 5.91 Å². The van der Waals surface area contributed by atoms with Crippen molar-refractivity contribution in [3.8, 4) is 5.75 Å². The van der Waals surface area contributed by atoms with E-state index >= 15 is 0 Å². The van der Waals surface area contributed by atoms with Crippen LogP contribution in [0.3, 0.4) is 0 Å². The molecule has 1 rings (SSSR count). The van der Waals surface area contributed by atoms with E-state index in [1.807, 2.05) is 13.8 Å². The third-order valence-electron chi connectivity index (χ3n) is 3.16. The molecule has 128 valence electrons. The van der Waals surface area contributed by atoms with Crippen molar-refractivity contribution in [3.63, 3.8) is 0 Å². The van der Waals surface area contributed by atoms with E-state index in [9.17, 15) is 18.4 Å². The number of ether oxygens (including phenoxy) is 1. The minimum absolute atomic E-state index is 0.0204. The van der Waals surface area contributed by atoms with Crippen molar-refractivity contribution in [1.29, 1.82) is 0 Å². The fraction of sp³-hybridized carbons (Fsp3) is 0.500. The van der Waals surface area contributed by atoms with Gasteiger partial charge < -0.3 is 15.2 Å². The van der Waals surface area contributed by atoms with Crippen LogP contribution in [0.4, 0.5) is 8.78 Å². The fourth-order valence-corrected chi connectivity index (χ4v) is 2.11. The maximum atomic E-state index is 12.0. The molecule has 23 heavy (non-hydrogen) atoms. The summed E-state index contributed by atoms with van der Waals surface area (Å²) in [5.74, 6) is -1.64. The number of halogens is 2. The number of carboxylic acids is 1. The lowest BCUT2D eigenvalue weighted by Crippen LogP contribution is -2.34. The minimum Gasteiger partial charge on any atom is -0.481 e. The van der Waals surface area contributed by atoms with Crippen LogP contribution in [0.1, 0.15) is 25.8 Å². The summed E-state index contributed by atoms with van der Waals surface area (Å²) in [5, 5.41) is 11.7. The van der Waals surface area contributed by atoms with Crippen LogP contribution in [0.15, 0.2) is 24.3 Å². The Bertz CT molecular complexity index is 517. The highest BCUT2D eigenvalue weighted by molar-refractivity contribution is 5.79. The van der Waals surface area contributed by atoms with E-state index < -0.39 is 18.5 Å². The molecule has 0 saturated carbocycles. The molecule has 0 aliphatic carbocycles. The van der Waals surface area contributed by atoms with E-state index in [0.29, 0.717) is 12.0 Å². The molecule has 1 atom stereocenters. The summed E-state index contributed by atoms with van der Waals surface area (Å²) in [5.41, 5.74) is 0.625. The van der Waals surface area contributed by atoms with Crippen molar-refractivity contribution >= 4 is 11.9 Å². The molecule has 2 N–H and O–H groups in total. The number of nitrogens with one attached hydrogen (secondary N) is 1. The summed E-state index contributed by atoms with van der Waals surface area (Å²) >= 11 is 0. The van der Waals surface area contributed by atoms with Crippen LogP contribution in [0.2, 0.25) is 0 Å². The van der Waals surface area contributed by atoms with Crippen LogP contribution < -0.4 is 10.1 Å². The smallest absolute Gasteiger partial charge is 0.387 e. The average molecular weight is 329 g/mol. The Morgan fingerprint density at radius 2 is 1.83 bits per heavy atom. The molecule has 0 aromatic heterocycles. The Kier molecular flexibility index (Phi) is 7.44. The highest BCUT2D eigenvalue weighted by Gasteiger charge is 2.19. The van der Waals surface area contributed by atoms with Crippen LogP contribution in [0.5, 0.6) is 5.75 Å². The van der Waals surface area contributed by atoms with Crippen LogP contribution in [0.25, 0.3) is 0 Å². The molecule has 1 aromatic carbocycles. The maximum absolute atomic E-state index is 12.0. The average Bonchev–Trinajstić information content (AvgIpc) is 2.44. The second-order valence-corrected chi connectivity index (χ2v) is 5.67. The number of rotatable bonds is 9. The zero-order valence-electron chi connectivity index (χ0n) is 13.1. The number of carboxylic acid groups (broad SMARTS) is 1. The van der Waals surface area contributed by atoms with E-state index in [1.165, 1.54) is 24.3 Å². The number of alkyl halides is 2. The standard InChI is InChI=1S/C16H21F2NO4/c1-10(2)7-12(15(21)22)9-19-14(20)8-11-3-5-13(6-4-11)23-16(17)18/h3-6,10,12,16H,7-9H2,1-2H3,(H,19,20)(H,21,22). The van der Waals surface area contributed by atoms with Gasteiger partial charge in [-0.15, -0.1) is 0 Å². The van der Waals surface area contributed by atoms with Crippen LogP contribution in [-0.2, 0) is 16.0 Å². The Morgan fingerprint density at radius 1 is 1.22 bits per heavy atom. The van der Waals surface area contributed by atoms with Gasteiger partial charge >= 0.3 is 12.6 Å². The molecule has 0 fully saturated rings. The predicted octanol–water partition coefficient (Wildman–Crippen LogP) is 2.69. The van der Waals surface area contributed by atoms with Gasteiger partial charge in [-0.1, -0.05) is 26.0 Å². The molecule has 0 saturated heterocycles. The highest BCUT2D eigenvalue weighted by atomic mass is 19.3. The van der Waals surface area contributed by atoms with E-state index in [2.05, 4.69) is 10.1 Å². The molecule has 5 nitrogen and oxygen atoms in total. The van der Waals surface area contributed by atoms with Gasteiger partial charge in [-0.25, -0.2) is 0 Å². The summed E-state index contributed by atoms with van der Waals surface area (Å²) in [6.45, 7) is 1.01. The molecule has 1 aromatic rings. The van der Waals surface area contributed by atoms with Crippen molar-refractivity contribution in [2.75, 3.05) is 6.54 Å². The van der Waals surface area contributed by atoms with Crippen molar-refractivity contribution < 1.29 is 28.2 Å². The van der Waals surface area contributed by atoms with Gasteiger partial charge in [0.15, 0.2) is 0 Å². The number of benzene rings is 1. The lowest BCUT2D eigenvalue weighted by molar-refractivity contribution is -0.142. The second-order valence-electron chi connectivity index (χ2n) is 5.67. The van der Waals surface area contributed by atoms with Crippen molar-refractivity contribution in [2.45, 2.75) is 33.3 Å². The first-order valence-electron chi connectivity index (χ1n) is 7.31. The highest BCUT2D eigenvalue weighted by Crippen LogP contribution is 2.15. The molecule has 7 heteroatoms. The van der Waals surface area contributed by atoms with Crippen LogP contribution in [0, 0.1) is 11.8 Å². The molecule has 0 aliphatic heterocycles. The number of aliphatic carboxylic acids is 1. The Labute approximate surface area is 133 Å². The third-order valence-corrected chi connectivity index (χ3v) is 3.16. The maximum Gasteiger partial charge on any atom is 0.387 e. The quantitative estimate of drug-likeness (QED) is 0.730. The molecule has 0 heterocycles. The number of carbonyl (C=O) groups excluding carboxylic acids is 1. The second kappa shape index (κ2) is 9.07. The monoisotopic (exact) mass is 329 g/mol. The van der Waals surface area contributed by atoms with Gasteiger partial charge in [0.05, 0.1) is 12.3 Å². The number of hydrogen-bond donors (Lipinski definition) is 2. The van der Waals surface area contributed by atoms with Gasteiger partial charge in [-0.2, -0.15) is 8.78 Å². The zero-order valence-corrected chi connectivity index (χ0v) is 13.1. The van der Waals surface area contributed by atoms with E-state index in [0.717, 1.165) is 0 Å². The molecule has 0 spiro atoms. The summed E-state index contributed by atoms with van der Waals surface area (Å²) in [7, 11) is 0. The summed E-state index contributed by atoms with van der Waals surface area (Å²) in [6.07, 6.45) is 0.526. The molecular formula is C16H21F2NO4. The third kappa shape index (κ3) is 7.58. The molecule has 0 radical (unpaired) electrons. The molecule has 1 unspecified atom stereocenters. The number of amides is 1. The lowest BCUT2D eigenvalue weighted by atomic mass is 9.97. The van der Waals surface area contributed by atoms with Gasteiger partial charge in [0.25, 0.3) is 0 Å². The minimum atomic E-state index is -2.89. The molecule has 1 amide bonds. The Balaban J connectivity index is 2.48. The van der Waals surface area contributed by atoms with Gasteiger partial charge in [0.1, 0.15) is 5.75 Å². The van der Waals surface area contributed by atoms with Crippen molar-refractivity contribution in [2.24, 2.45) is 11.8 Å². The van der Waals surface area contributed by atoms with Crippen LogP contribution >= 0.6 is 0 Å². The first-order chi connectivity index (χ1) is 10.8. The van der Waals surface area contributed by atoms with Crippen molar-refractivity contribution in [1.82, 2.24) is 5.32 Å². The predicted molar refractivity (Wildman–Crippen MR) is 80.4 cm³/mol. The summed E-state index contributed by atoms with van der Waals surface area (Å²) < 4.78 is 28.3. The summed E-state index contributed by atoms with van der Waals surface area (Å²) in [6, 6.07) is 5.74. The Morgan fingerprint density at radius 3 is 2.30 bits per heavy atom.